The van der Waals surface area contributed by atoms with Crippen LogP contribution < -0.4 is 5.32 Å². The highest BCUT2D eigenvalue weighted by Gasteiger charge is 2.49. The summed E-state index contributed by atoms with van der Waals surface area (Å²) in [5.74, 6) is -0.323. The molecule has 4 amide bonds. The van der Waals surface area contributed by atoms with E-state index < -0.39 is 34.1 Å². The number of urea groups is 1. The second-order valence-electron chi connectivity index (χ2n) is 9.11. The van der Waals surface area contributed by atoms with E-state index in [-0.39, 0.29) is 24.6 Å². The third-order valence-electron chi connectivity index (χ3n) is 5.53. The molecule has 3 rings (SSSR count). The molecule has 3 heterocycles. The summed E-state index contributed by atoms with van der Waals surface area (Å²) in [4.78, 5) is 40.5. The number of ether oxygens (including phenoxy) is 1. The Morgan fingerprint density at radius 3 is 2.48 bits per heavy atom. The number of carbonyl (C=O) groups is 3. The lowest BCUT2D eigenvalue weighted by Gasteiger charge is -2.30. The summed E-state index contributed by atoms with van der Waals surface area (Å²) in [6, 6.07) is -2.21. The minimum absolute atomic E-state index is 0.142. The summed E-state index contributed by atoms with van der Waals surface area (Å²) in [5, 5.41) is 3.58. The average molecular weight is 463 g/mol. The molecule has 0 saturated carbocycles. The Morgan fingerprint density at radius 2 is 1.84 bits per heavy atom. The topological polar surface area (TPSA) is 146 Å². The maximum atomic E-state index is 12.9. The number of fused-ring (bicyclic) bond motifs is 2. The first-order valence-corrected chi connectivity index (χ1v) is 11.8. The van der Waals surface area contributed by atoms with Gasteiger partial charge in [-0.3, -0.25) is 9.35 Å². The van der Waals surface area contributed by atoms with Crippen LogP contribution in [-0.2, 0) is 24.2 Å². The molecule has 31 heavy (non-hydrogen) atoms. The molecule has 3 saturated heterocycles. The summed E-state index contributed by atoms with van der Waals surface area (Å²) >= 11 is 0. The third-order valence-corrected chi connectivity index (χ3v) is 5.88. The summed E-state index contributed by atoms with van der Waals surface area (Å²) in [6.45, 7) is 6.56. The van der Waals surface area contributed by atoms with Crippen LogP contribution in [0.4, 0.5) is 9.59 Å². The van der Waals surface area contributed by atoms with Gasteiger partial charge in [0.2, 0.25) is 5.91 Å². The number of hydrogen-bond donors (Lipinski definition) is 2. The van der Waals surface area contributed by atoms with Crippen LogP contribution in [0.1, 0.15) is 52.9 Å². The van der Waals surface area contributed by atoms with Crippen molar-refractivity contribution in [2.24, 2.45) is 0 Å². The first-order chi connectivity index (χ1) is 14.3. The van der Waals surface area contributed by atoms with Crippen molar-refractivity contribution in [3.8, 4) is 0 Å². The van der Waals surface area contributed by atoms with E-state index in [4.69, 9.17) is 9.29 Å². The van der Waals surface area contributed by atoms with Crippen LogP contribution in [0.15, 0.2) is 0 Å². The highest BCUT2D eigenvalue weighted by atomic mass is 32.3. The number of hydroxylamine groups is 2. The van der Waals surface area contributed by atoms with Crippen LogP contribution >= 0.6 is 0 Å². The molecule has 13 heteroatoms. The van der Waals surface area contributed by atoms with Crippen LogP contribution in [0, 0.1) is 0 Å². The van der Waals surface area contributed by atoms with Gasteiger partial charge in [0, 0.05) is 25.7 Å². The van der Waals surface area contributed by atoms with Gasteiger partial charge in [-0.05, 0) is 52.9 Å². The molecule has 0 aromatic rings. The summed E-state index contributed by atoms with van der Waals surface area (Å²) in [6.07, 6.45) is 2.30. The Labute approximate surface area is 181 Å². The minimum atomic E-state index is -4.83. The van der Waals surface area contributed by atoms with Crippen LogP contribution in [0.2, 0.25) is 0 Å². The van der Waals surface area contributed by atoms with Crippen molar-refractivity contribution < 1.29 is 36.4 Å². The number of nitrogens with one attached hydrogen (secondary N) is 1. The van der Waals surface area contributed by atoms with E-state index in [1.54, 1.807) is 4.90 Å². The average Bonchev–Trinajstić information content (AvgIpc) is 2.80. The van der Waals surface area contributed by atoms with E-state index >= 15 is 0 Å². The zero-order valence-electron chi connectivity index (χ0n) is 17.9. The van der Waals surface area contributed by atoms with Gasteiger partial charge in [0.25, 0.3) is 0 Å². The molecule has 3 aliphatic rings. The molecule has 0 aromatic carbocycles. The minimum Gasteiger partial charge on any atom is -0.444 e. The summed E-state index contributed by atoms with van der Waals surface area (Å²) < 4.78 is 40.6. The number of hydrogen-bond acceptors (Lipinski definition) is 7. The fourth-order valence-corrected chi connectivity index (χ4v) is 4.54. The first kappa shape index (κ1) is 23.5. The van der Waals surface area contributed by atoms with E-state index in [1.807, 2.05) is 20.8 Å². The highest BCUT2D eigenvalue weighted by molar-refractivity contribution is 7.80. The molecular formula is C18H30N4O8S. The molecule has 176 valence electrons. The Kier molecular flexibility index (Phi) is 6.67. The molecule has 0 unspecified atom stereocenters. The van der Waals surface area contributed by atoms with E-state index in [2.05, 4.69) is 9.60 Å². The van der Waals surface area contributed by atoms with Crippen LogP contribution in [0.25, 0.3) is 0 Å². The Morgan fingerprint density at radius 1 is 1.13 bits per heavy atom. The lowest BCUT2D eigenvalue weighted by molar-refractivity contribution is -0.126. The van der Waals surface area contributed by atoms with E-state index in [0.717, 1.165) is 0 Å². The maximum absolute atomic E-state index is 12.9. The molecule has 3 aliphatic heterocycles. The molecule has 2 N–H and O–H groups in total. The lowest BCUT2D eigenvalue weighted by Crippen LogP contribution is -2.52. The smallest absolute Gasteiger partial charge is 0.418 e. The predicted molar refractivity (Wildman–Crippen MR) is 107 cm³/mol. The van der Waals surface area contributed by atoms with Gasteiger partial charge < -0.3 is 19.9 Å². The van der Waals surface area contributed by atoms with Gasteiger partial charge in [0.1, 0.15) is 11.6 Å². The molecule has 12 nitrogen and oxygen atoms in total. The molecular weight excluding hydrogens is 432 g/mol. The summed E-state index contributed by atoms with van der Waals surface area (Å²) in [7, 11) is -4.83. The Bertz CT molecular complexity index is 827. The van der Waals surface area contributed by atoms with Crippen molar-refractivity contribution in [2.75, 3.05) is 19.6 Å². The first-order valence-electron chi connectivity index (χ1n) is 10.4. The zero-order valence-corrected chi connectivity index (χ0v) is 18.8. The van der Waals surface area contributed by atoms with Crippen molar-refractivity contribution in [3.05, 3.63) is 0 Å². The Balaban J connectivity index is 1.55. The standard InChI is InChI=1S/C18H30N4O8S/c1-18(2,3)29-17(25)20-9-4-5-12(8-10-20)19-15(23)14-7-6-13-11-21(14)16(24)22(13)30-31(26,27)28/h12-14H,4-11H2,1-3H3,(H,19,23)(H,26,27,28)/t12-,13-,14+/m1/s1. The van der Waals surface area contributed by atoms with Crippen molar-refractivity contribution in [2.45, 2.75) is 76.6 Å². The van der Waals surface area contributed by atoms with Crippen molar-refractivity contribution in [3.63, 3.8) is 0 Å². The van der Waals surface area contributed by atoms with Crippen LogP contribution in [-0.4, -0.2) is 89.2 Å². The number of piperidine rings is 1. The van der Waals surface area contributed by atoms with Gasteiger partial charge in [0.15, 0.2) is 0 Å². The molecule has 0 radical (unpaired) electrons. The van der Waals surface area contributed by atoms with Gasteiger partial charge in [-0.25, -0.2) is 9.59 Å². The lowest BCUT2D eigenvalue weighted by atomic mass is 9.99. The molecule has 0 aliphatic carbocycles. The number of amides is 4. The molecule has 2 bridgehead atoms. The maximum Gasteiger partial charge on any atom is 0.418 e. The highest BCUT2D eigenvalue weighted by Crippen LogP contribution is 2.31. The largest absolute Gasteiger partial charge is 0.444 e. The monoisotopic (exact) mass is 462 g/mol. The van der Waals surface area contributed by atoms with Crippen molar-refractivity contribution in [1.82, 2.24) is 20.2 Å². The van der Waals surface area contributed by atoms with Crippen molar-refractivity contribution in [1.29, 1.82) is 0 Å². The van der Waals surface area contributed by atoms with Gasteiger partial charge in [-0.1, -0.05) is 0 Å². The van der Waals surface area contributed by atoms with Gasteiger partial charge in [-0.15, -0.1) is 4.28 Å². The number of likely N-dealkylation sites (tertiary alicyclic amines) is 1. The van der Waals surface area contributed by atoms with Crippen molar-refractivity contribution >= 4 is 28.4 Å². The second kappa shape index (κ2) is 8.79. The third kappa shape index (κ3) is 5.98. The fraction of sp³-hybridized carbons (Fsp3) is 0.833. The van der Waals surface area contributed by atoms with Crippen LogP contribution in [0.3, 0.4) is 0 Å². The van der Waals surface area contributed by atoms with Gasteiger partial charge >= 0.3 is 22.5 Å². The Hall–Kier alpha value is -2.12. The molecule has 3 fully saturated rings. The van der Waals surface area contributed by atoms with E-state index in [0.29, 0.717) is 50.3 Å². The number of nitrogens with zero attached hydrogens (tertiary/aromatic N) is 3. The number of carbonyl (C=O) groups excluding carboxylic acids is 3. The van der Waals surface area contributed by atoms with Gasteiger partial charge in [-0.2, -0.15) is 13.5 Å². The molecule has 0 spiro atoms. The summed E-state index contributed by atoms with van der Waals surface area (Å²) in [5.41, 5.74) is -0.578. The zero-order chi connectivity index (χ0) is 23.0. The number of rotatable bonds is 4. The molecule has 3 atom stereocenters. The SMILES string of the molecule is CC(C)(C)OC(=O)N1CCC[C@@H](NC(=O)[C@@H]2CC[C@@H]3CN2C(=O)N3OS(=O)(=O)O)CC1. The van der Waals surface area contributed by atoms with E-state index in [9.17, 15) is 22.8 Å². The van der Waals surface area contributed by atoms with E-state index in [1.165, 1.54) is 4.90 Å². The molecule has 0 aromatic heterocycles. The second-order valence-corrected chi connectivity index (χ2v) is 10.1. The quantitative estimate of drug-likeness (QED) is 0.586. The van der Waals surface area contributed by atoms with Crippen LogP contribution in [0.5, 0.6) is 0 Å². The predicted octanol–water partition coefficient (Wildman–Crippen LogP) is 0.895. The van der Waals surface area contributed by atoms with Gasteiger partial charge in [0.05, 0.1) is 6.04 Å². The fourth-order valence-electron chi connectivity index (χ4n) is 4.15. The normalized spacial score (nSPS) is 27.2.